The molecular weight excluding hydrogens is 423 g/mol. The van der Waals surface area contributed by atoms with E-state index in [0.29, 0.717) is 46.8 Å². The average molecular weight is 447 g/mol. The Morgan fingerprint density at radius 3 is 2.35 bits per heavy atom. The maximum atomic E-state index is 13.3. The maximum Gasteiger partial charge on any atom is 0.255 e. The van der Waals surface area contributed by atoms with E-state index >= 15 is 0 Å². The number of benzene rings is 2. The van der Waals surface area contributed by atoms with Crippen LogP contribution in [0.3, 0.4) is 0 Å². The summed E-state index contributed by atoms with van der Waals surface area (Å²) in [5.41, 5.74) is 1.07. The number of ether oxygens (including phenoxy) is 3. The summed E-state index contributed by atoms with van der Waals surface area (Å²) in [5, 5.41) is 11.9. The van der Waals surface area contributed by atoms with Crippen LogP contribution in [0.2, 0.25) is 0 Å². The molecule has 0 radical (unpaired) electrons. The molecule has 1 heterocycles. The zero-order valence-corrected chi connectivity index (χ0v) is 18.5. The molecule has 1 N–H and O–H groups in total. The number of halogens is 1. The molecule has 164 valence electrons. The van der Waals surface area contributed by atoms with E-state index in [2.05, 4.69) is 15.5 Å². The first-order valence-corrected chi connectivity index (χ1v) is 10.6. The number of nitrogens with one attached hydrogen (secondary N) is 1. The lowest BCUT2D eigenvalue weighted by Gasteiger charge is -2.15. The number of nitrogens with zero attached hydrogens (tertiary/aromatic N) is 3. The van der Waals surface area contributed by atoms with E-state index in [4.69, 9.17) is 14.2 Å². The smallest absolute Gasteiger partial charge is 0.255 e. The van der Waals surface area contributed by atoms with Gasteiger partial charge < -0.3 is 19.5 Å². The summed E-state index contributed by atoms with van der Waals surface area (Å²) in [6.07, 6.45) is 2.31. The third-order valence-electron chi connectivity index (χ3n) is 4.55. The van der Waals surface area contributed by atoms with E-state index in [1.165, 1.54) is 45.2 Å². The van der Waals surface area contributed by atoms with Crippen LogP contribution in [0, 0.1) is 5.82 Å². The Balaban J connectivity index is 1.76. The van der Waals surface area contributed by atoms with Crippen molar-refractivity contribution in [1.82, 2.24) is 20.1 Å². The molecular formula is C21H23FN4O4S. The molecule has 10 heteroatoms. The lowest BCUT2D eigenvalue weighted by molar-refractivity contribution is 0.0950. The minimum absolute atomic E-state index is 0.290. The SMILES string of the molecule is COc1ccc(C(=O)NCCc2nnc(SC)n2-c2ccc(F)cc2)c(OC)c1OC. The van der Waals surface area contributed by atoms with Gasteiger partial charge in [0, 0.05) is 18.7 Å². The fraction of sp³-hybridized carbons (Fsp3) is 0.286. The summed E-state index contributed by atoms with van der Waals surface area (Å²) in [7, 11) is 4.45. The molecule has 0 fully saturated rings. The van der Waals surface area contributed by atoms with Crippen molar-refractivity contribution >= 4 is 17.7 Å². The fourth-order valence-electron chi connectivity index (χ4n) is 3.11. The number of aromatic nitrogens is 3. The summed E-state index contributed by atoms with van der Waals surface area (Å²) in [6.45, 7) is 0.310. The van der Waals surface area contributed by atoms with Crippen LogP contribution in [0.5, 0.6) is 17.2 Å². The second-order valence-electron chi connectivity index (χ2n) is 6.30. The van der Waals surface area contributed by atoms with E-state index in [0.717, 1.165) is 5.69 Å². The number of amides is 1. The van der Waals surface area contributed by atoms with Gasteiger partial charge in [0.1, 0.15) is 11.6 Å². The number of rotatable bonds is 9. The van der Waals surface area contributed by atoms with Crippen molar-refractivity contribution in [3.05, 3.63) is 53.6 Å². The monoisotopic (exact) mass is 446 g/mol. The van der Waals surface area contributed by atoms with Crippen molar-refractivity contribution in [2.45, 2.75) is 11.6 Å². The van der Waals surface area contributed by atoms with Gasteiger partial charge in [-0.1, -0.05) is 11.8 Å². The van der Waals surface area contributed by atoms with Crippen LogP contribution >= 0.6 is 11.8 Å². The van der Waals surface area contributed by atoms with Crippen LogP contribution in [0.15, 0.2) is 41.6 Å². The van der Waals surface area contributed by atoms with Crippen LogP contribution in [0.25, 0.3) is 5.69 Å². The summed E-state index contributed by atoms with van der Waals surface area (Å²) < 4.78 is 31.1. The highest BCUT2D eigenvalue weighted by atomic mass is 32.2. The van der Waals surface area contributed by atoms with Crippen molar-refractivity contribution in [2.75, 3.05) is 34.1 Å². The van der Waals surface area contributed by atoms with Crippen LogP contribution in [0.4, 0.5) is 4.39 Å². The van der Waals surface area contributed by atoms with Gasteiger partial charge in [0.2, 0.25) is 5.75 Å². The number of hydrogen-bond acceptors (Lipinski definition) is 7. The standard InChI is InChI=1S/C21H23FN4O4S/c1-28-16-10-9-15(18(29-2)19(16)30-3)20(27)23-12-11-17-24-25-21(31-4)26(17)14-7-5-13(22)6-8-14/h5-10H,11-12H2,1-4H3,(H,23,27). The Kier molecular flexibility index (Phi) is 7.35. The van der Waals surface area contributed by atoms with Crippen molar-refractivity contribution in [3.63, 3.8) is 0 Å². The van der Waals surface area contributed by atoms with E-state index in [1.54, 1.807) is 24.3 Å². The van der Waals surface area contributed by atoms with Crippen LogP contribution in [0.1, 0.15) is 16.2 Å². The van der Waals surface area contributed by atoms with Gasteiger partial charge in [0.25, 0.3) is 5.91 Å². The topological polar surface area (TPSA) is 87.5 Å². The van der Waals surface area contributed by atoms with Gasteiger partial charge in [-0.3, -0.25) is 9.36 Å². The predicted molar refractivity (Wildman–Crippen MR) is 115 cm³/mol. The molecule has 3 aromatic rings. The van der Waals surface area contributed by atoms with Gasteiger partial charge in [-0.25, -0.2) is 4.39 Å². The summed E-state index contributed by atoms with van der Waals surface area (Å²) in [6, 6.07) is 9.35. The van der Waals surface area contributed by atoms with Crippen LogP contribution < -0.4 is 19.5 Å². The molecule has 2 aromatic carbocycles. The van der Waals surface area contributed by atoms with Crippen molar-refractivity contribution in [2.24, 2.45) is 0 Å². The third-order valence-corrected chi connectivity index (χ3v) is 5.18. The molecule has 0 aliphatic carbocycles. The minimum atomic E-state index is -0.323. The molecule has 0 atom stereocenters. The molecule has 0 unspecified atom stereocenters. The molecule has 0 aliphatic heterocycles. The Bertz CT molecular complexity index is 1060. The molecule has 0 spiro atoms. The number of methoxy groups -OCH3 is 3. The molecule has 0 saturated carbocycles. The second-order valence-corrected chi connectivity index (χ2v) is 7.08. The van der Waals surface area contributed by atoms with Gasteiger partial charge in [-0.15, -0.1) is 10.2 Å². The predicted octanol–water partition coefficient (Wildman–Crippen LogP) is 3.13. The highest BCUT2D eigenvalue weighted by Crippen LogP contribution is 2.39. The number of hydrogen-bond donors (Lipinski definition) is 1. The molecule has 31 heavy (non-hydrogen) atoms. The molecule has 3 rings (SSSR count). The Morgan fingerprint density at radius 1 is 1.03 bits per heavy atom. The highest BCUT2D eigenvalue weighted by Gasteiger charge is 2.21. The molecule has 1 amide bonds. The minimum Gasteiger partial charge on any atom is -0.493 e. The molecule has 0 saturated heterocycles. The molecule has 8 nitrogen and oxygen atoms in total. The van der Waals surface area contributed by atoms with Gasteiger partial charge in [-0.05, 0) is 42.7 Å². The quantitative estimate of drug-likeness (QED) is 0.505. The van der Waals surface area contributed by atoms with Crippen LogP contribution in [-0.2, 0) is 6.42 Å². The Hall–Kier alpha value is -3.27. The van der Waals surface area contributed by atoms with Gasteiger partial charge >= 0.3 is 0 Å². The van der Waals surface area contributed by atoms with Crippen molar-refractivity contribution < 1.29 is 23.4 Å². The van der Waals surface area contributed by atoms with Crippen molar-refractivity contribution in [1.29, 1.82) is 0 Å². The number of carbonyl (C=O) groups excluding carboxylic acids is 1. The summed E-state index contributed by atoms with van der Waals surface area (Å²) in [5.74, 6) is 1.11. The van der Waals surface area contributed by atoms with Gasteiger partial charge in [-0.2, -0.15) is 0 Å². The summed E-state index contributed by atoms with van der Waals surface area (Å²) >= 11 is 1.43. The fourth-order valence-corrected chi connectivity index (χ4v) is 3.62. The van der Waals surface area contributed by atoms with Gasteiger partial charge in [0.05, 0.1) is 26.9 Å². The molecule has 0 aliphatic rings. The Morgan fingerprint density at radius 2 is 1.74 bits per heavy atom. The number of carbonyl (C=O) groups is 1. The normalized spacial score (nSPS) is 10.6. The third kappa shape index (κ3) is 4.74. The largest absolute Gasteiger partial charge is 0.493 e. The highest BCUT2D eigenvalue weighted by molar-refractivity contribution is 7.98. The van der Waals surface area contributed by atoms with E-state index in [1.807, 2.05) is 10.8 Å². The van der Waals surface area contributed by atoms with E-state index in [-0.39, 0.29) is 11.7 Å². The molecule has 0 bridgehead atoms. The lowest BCUT2D eigenvalue weighted by Crippen LogP contribution is -2.27. The number of thioether (sulfide) groups is 1. The van der Waals surface area contributed by atoms with E-state index in [9.17, 15) is 9.18 Å². The van der Waals surface area contributed by atoms with E-state index < -0.39 is 0 Å². The Labute approximate surface area is 183 Å². The zero-order chi connectivity index (χ0) is 22.4. The zero-order valence-electron chi connectivity index (χ0n) is 17.6. The van der Waals surface area contributed by atoms with Crippen molar-refractivity contribution in [3.8, 4) is 22.9 Å². The van der Waals surface area contributed by atoms with Gasteiger partial charge in [0.15, 0.2) is 16.7 Å². The molecule has 1 aromatic heterocycles. The average Bonchev–Trinajstić information content (AvgIpc) is 3.21. The van der Waals surface area contributed by atoms with Crippen LogP contribution in [-0.4, -0.2) is 54.8 Å². The first-order valence-electron chi connectivity index (χ1n) is 9.35. The first-order chi connectivity index (χ1) is 15.0. The lowest BCUT2D eigenvalue weighted by atomic mass is 10.1. The summed E-state index contributed by atoms with van der Waals surface area (Å²) in [4.78, 5) is 12.8. The second kappa shape index (κ2) is 10.2. The maximum absolute atomic E-state index is 13.3. The first kappa shape index (κ1) is 22.4.